The van der Waals surface area contributed by atoms with Gasteiger partial charge in [-0.3, -0.25) is 15.4 Å². The van der Waals surface area contributed by atoms with E-state index in [-0.39, 0.29) is 5.91 Å². The van der Waals surface area contributed by atoms with Crippen molar-refractivity contribution in [2.45, 2.75) is 13.8 Å². The summed E-state index contributed by atoms with van der Waals surface area (Å²) in [5, 5.41) is 9.09. The van der Waals surface area contributed by atoms with Crippen LogP contribution >= 0.6 is 22.7 Å². The predicted molar refractivity (Wildman–Crippen MR) is 118 cm³/mol. The number of nitrogens with zero attached hydrogens (tertiary/aromatic N) is 2. The first-order chi connectivity index (χ1) is 14.0. The van der Waals surface area contributed by atoms with Gasteiger partial charge in [-0.2, -0.15) is 0 Å². The minimum Gasteiger partial charge on any atom is -0.308 e. The van der Waals surface area contributed by atoms with Crippen LogP contribution in [0.4, 0.5) is 20.7 Å². The van der Waals surface area contributed by atoms with Crippen molar-refractivity contribution in [2.24, 2.45) is 0 Å². The maximum atomic E-state index is 12.6. The number of rotatable bonds is 4. The number of anilines is 3. The summed E-state index contributed by atoms with van der Waals surface area (Å²) in [6.07, 6.45) is 0. The third-order valence-electron chi connectivity index (χ3n) is 4.05. The van der Waals surface area contributed by atoms with E-state index in [1.807, 2.05) is 55.5 Å². The fraction of sp³-hybridized carbons (Fsp3) is 0.100. The van der Waals surface area contributed by atoms with E-state index >= 15 is 0 Å². The molecule has 4 rings (SSSR count). The molecule has 4 aromatic rings. The Morgan fingerprint density at radius 2 is 1.55 bits per heavy atom. The molecule has 0 radical (unpaired) electrons. The van der Waals surface area contributed by atoms with Crippen LogP contribution in [0.25, 0.3) is 10.2 Å². The lowest BCUT2D eigenvalue weighted by Gasteiger charge is -2.05. The smallest absolute Gasteiger partial charge is 0.308 e. The Balaban J connectivity index is 1.43. The first-order valence-electron chi connectivity index (χ1n) is 8.77. The number of carbonyl (C=O) groups is 2. The number of hydrogen-bond donors (Lipinski definition) is 3. The summed E-state index contributed by atoms with van der Waals surface area (Å²) in [7, 11) is 0. The van der Waals surface area contributed by atoms with Crippen LogP contribution < -0.4 is 16.0 Å². The van der Waals surface area contributed by atoms with E-state index in [4.69, 9.17) is 0 Å². The Hall–Kier alpha value is -3.30. The summed E-state index contributed by atoms with van der Waals surface area (Å²) >= 11 is 2.52. The lowest BCUT2D eigenvalue weighted by atomic mass is 10.2. The standard InChI is InChI=1S/C20H17N5O2S2/c1-11-7-9-13(10-8-11)22-18(27)25-19-21-12(2)16(29-19)17(26)24-20-23-14-5-3-4-6-15(14)28-20/h3-10H,1-2H3,(H,23,24,26)(H2,21,22,25,27). The first kappa shape index (κ1) is 19.0. The summed E-state index contributed by atoms with van der Waals surface area (Å²) in [6.45, 7) is 3.70. The van der Waals surface area contributed by atoms with Gasteiger partial charge in [-0.05, 0) is 38.1 Å². The van der Waals surface area contributed by atoms with Gasteiger partial charge in [0.15, 0.2) is 10.3 Å². The largest absolute Gasteiger partial charge is 0.325 e. The van der Waals surface area contributed by atoms with Gasteiger partial charge in [0.05, 0.1) is 15.9 Å². The quantitative estimate of drug-likeness (QED) is 0.417. The Morgan fingerprint density at radius 3 is 2.31 bits per heavy atom. The molecule has 0 aliphatic rings. The second-order valence-electron chi connectivity index (χ2n) is 6.32. The molecular weight excluding hydrogens is 406 g/mol. The minimum absolute atomic E-state index is 0.300. The Kier molecular flexibility index (Phi) is 5.24. The number of nitrogens with one attached hydrogen (secondary N) is 3. The van der Waals surface area contributed by atoms with Gasteiger partial charge in [0, 0.05) is 5.69 Å². The van der Waals surface area contributed by atoms with Crippen molar-refractivity contribution in [1.82, 2.24) is 9.97 Å². The van der Waals surface area contributed by atoms with Crippen molar-refractivity contribution < 1.29 is 9.59 Å². The first-order valence-corrected chi connectivity index (χ1v) is 10.4. The van der Waals surface area contributed by atoms with Crippen LogP contribution in [0, 0.1) is 13.8 Å². The number of hydrogen-bond acceptors (Lipinski definition) is 6. The van der Waals surface area contributed by atoms with Crippen LogP contribution in [0.15, 0.2) is 48.5 Å². The lowest BCUT2D eigenvalue weighted by molar-refractivity contribution is 0.103. The van der Waals surface area contributed by atoms with Crippen molar-refractivity contribution in [3.8, 4) is 0 Å². The molecule has 0 aliphatic carbocycles. The number of aryl methyl sites for hydroxylation is 2. The lowest BCUT2D eigenvalue weighted by Crippen LogP contribution is -2.19. The number of para-hydroxylation sites is 1. The molecule has 0 fully saturated rings. The van der Waals surface area contributed by atoms with Crippen molar-refractivity contribution >= 4 is 60.8 Å². The molecule has 0 saturated carbocycles. The number of thiazole rings is 2. The SMILES string of the molecule is Cc1ccc(NC(=O)Nc2nc(C)c(C(=O)Nc3nc4ccccc4s3)s2)cc1. The fourth-order valence-corrected chi connectivity index (χ4v) is 4.35. The number of carbonyl (C=O) groups excluding carboxylic acids is 2. The third kappa shape index (κ3) is 4.41. The van der Waals surface area contributed by atoms with Crippen LogP contribution in [-0.2, 0) is 0 Å². The van der Waals surface area contributed by atoms with Crippen molar-refractivity contribution in [2.75, 3.05) is 16.0 Å². The second-order valence-corrected chi connectivity index (χ2v) is 8.35. The zero-order valence-corrected chi connectivity index (χ0v) is 17.3. The molecule has 0 aliphatic heterocycles. The van der Waals surface area contributed by atoms with Crippen LogP contribution in [0.5, 0.6) is 0 Å². The van der Waals surface area contributed by atoms with Crippen LogP contribution in [0.1, 0.15) is 20.9 Å². The van der Waals surface area contributed by atoms with Gasteiger partial charge >= 0.3 is 6.03 Å². The number of aromatic nitrogens is 2. The Morgan fingerprint density at radius 1 is 0.828 bits per heavy atom. The molecule has 0 saturated heterocycles. The van der Waals surface area contributed by atoms with E-state index < -0.39 is 6.03 Å². The maximum Gasteiger partial charge on any atom is 0.325 e. The van der Waals surface area contributed by atoms with E-state index in [1.54, 1.807) is 6.92 Å². The summed E-state index contributed by atoms with van der Waals surface area (Å²) in [6, 6.07) is 14.7. The van der Waals surface area contributed by atoms with E-state index in [2.05, 4.69) is 25.9 Å². The maximum absolute atomic E-state index is 12.6. The highest BCUT2D eigenvalue weighted by Gasteiger charge is 2.18. The molecule has 0 atom stereocenters. The molecule has 0 unspecified atom stereocenters. The average molecular weight is 424 g/mol. The molecule has 2 aromatic heterocycles. The molecule has 3 N–H and O–H groups in total. The number of amides is 3. The fourth-order valence-electron chi connectivity index (χ4n) is 2.64. The molecule has 9 heteroatoms. The summed E-state index contributed by atoms with van der Waals surface area (Å²) in [5.74, 6) is -0.300. The van der Waals surface area contributed by atoms with Crippen molar-refractivity contribution in [3.05, 3.63) is 64.7 Å². The summed E-state index contributed by atoms with van der Waals surface area (Å²) in [4.78, 5) is 33.9. The van der Waals surface area contributed by atoms with Crippen LogP contribution in [0.2, 0.25) is 0 Å². The molecule has 7 nitrogen and oxygen atoms in total. The van der Waals surface area contributed by atoms with Gasteiger partial charge in [0.2, 0.25) is 0 Å². The van der Waals surface area contributed by atoms with Crippen LogP contribution in [-0.4, -0.2) is 21.9 Å². The van der Waals surface area contributed by atoms with Crippen LogP contribution in [0.3, 0.4) is 0 Å². The van der Waals surface area contributed by atoms with Gasteiger partial charge in [-0.25, -0.2) is 14.8 Å². The monoisotopic (exact) mass is 423 g/mol. The highest BCUT2D eigenvalue weighted by Crippen LogP contribution is 2.28. The van der Waals surface area contributed by atoms with Gasteiger partial charge in [-0.1, -0.05) is 52.5 Å². The van der Waals surface area contributed by atoms with E-state index in [0.717, 1.165) is 27.1 Å². The zero-order valence-electron chi connectivity index (χ0n) is 15.6. The molecule has 2 heterocycles. The Labute approximate surface area is 174 Å². The van der Waals surface area contributed by atoms with E-state index in [0.29, 0.717) is 26.5 Å². The molecular formula is C20H17N5O2S2. The summed E-state index contributed by atoms with van der Waals surface area (Å²) < 4.78 is 0.999. The zero-order chi connectivity index (χ0) is 20.4. The number of urea groups is 1. The highest BCUT2D eigenvalue weighted by atomic mass is 32.1. The Bertz CT molecular complexity index is 1160. The number of benzene rings is 2. The highest BCUT2D eigenvalue weighted by molar-refractivity contribution is 7.22. The topological polar surface area (TPSA) is 96.0 Å². The molecule has 0 spiro atoms. The van der Waals surface area contributed by atoms with Gasteiger partial charge in [0.1, 0.15) is 4.88 Å². The number of fused-ring (bicyclic) bond motifs is 1. The van der Waals surface area contributed by atoms with Crippen molar-refractivity contribution in [3.63, 3.8) is 0 Å². The minimum atomic E-state index is -0.416. The van der Waals surface area contributed by atoms with Gasteiger partial charge < -0.3 is 5.32 Å². The summed E-state index contributed by atoms with van der Waals surface area (Å²) in [5.41, 5.74) is 3.16. The normalized spacial score (nSPS) is 10.7. The predicted octanol–water partition coefficient (Wildman–Crippen LogP) is 5.27. The van der Waals surface area contributed by atoms with Gasteiger partial charge in [0.25, 0.3) is 5.91 Å². The van der Waals surface area contributed by atoms with E-state index in [1.165, 1.54) is 11.3 Å². The average Bonchev–Trinajstić information content (AvgIpc) is 3.25. The molecule has 3 amide bonds. The molecule has 29 heavy (non-hydrogen) atoms. The van der Waals surface area contributed by atoms with Crippen molar-refractivity contribution in [1.29, 1.82) is 0 Å². The van der Waals surface area contributed by atoms with Gasteiger partial charge in [-0.15, -0.1) is 0 Å². The second kappa shape index (κ2) is 7.98. The molecule has 0 bridgehead atoms. The molecule has 2 aromatic carbocycles. The molecule has 146 valence electrons. The third-order valence-corrected chi connectivity index (χ3v) is 6.07. The van der Waals surface area contributed by atoms with E-state index in [9.17, 15) is 9.59 Å².